The van der Waals surface area contributed by atoms with Gasteiger partial charge in [-0.2, -0.15) is 0 Å². The van der Waals surface area contributed by atoms with E-state index in [0.717, 1.165) is 0 Å². The molecule has 0 bridgehead atoms. The van der Waals surface area contributed by atoms with Crippen LogP contribution in [0.4, 0.5) is 0 Å². The lowest BCUT2D eigenvalue weighted by Crippen LogP contribution is -2.36. The number of carbonyl (C=O) groups is 2. The molecule has 0 saturated heterocycles. The van der Waals surface area contributed by atoms with E-state index in [1.165, 1.54) is 0 Å². The zero-order valence-corrected chi connectivity index (χ0v) is 14.0. The van der Waals surface area contributed by atoms with Gasteiger partial charge in [-0.15, -0.1) is 0 Å². The van der Waals surface area contributed by atoms with Crippen molar-refractivity contribution >= 4 is 11.9 Å². The molecule has 0 aromatic heterocycles. The second-order valence-corrected chi connectivity index (χ2v) is 6.27. The smallest absolute Gasteiger partial charge is 0.338 e. The molecule has 2 unspecified atom stereocenters. The Morgan fingerprint density at radius 1 is 1.00 bits per heavy atom. The number of ether oxygens (including phenoxy) is 2. The molecule has 0 fully saturated rings. The molecule has 122 valence electrons. The zero-order chi connectivity index (χ0) is 16.7. The Morgan fingerprint density at radius 3 is 2.09 bits per heavy atom. The molecule has 4 heteroatoms. The van der Waals surface area contributed by atoms with Gasteiger partial charge in [0, 0.05) is 0 Å². The average Bonchev–Trinajstić information content (AvgIpc) is 2.45. The van der Waals surface area contributed by atoms with Crippen molar-refractivity contribution in [1.29, 1.82) is 0 Å². The fraction of sp³-hybridized carbons (Fsp3) is 0.556. The van der Waals surface area contributed by atoms with Crippen molar-refractivity contribution in [3.05, 3.63) is 35.9 Å². The van der Waals surface area contributed by atoms with E-state index in [0.29, 0.717) is 12.2 Å². The van der Waals surface area contributed by atoms with E-state index >= 15 is 0 Å². The van der Waals surface area contributed by atoms with Crippen LogP contribution in [0.1, 0.15) is 45.0 Å². The molecule has 1 aromatic rings. The highest BCUT2D eigenvalue weighted by molar-refractivity contribution is 5.89. The van der Waals surface area contributed by atoms with Gasteiger partial charge in [0.1, 0.15) is 6.10 Å². The van der Waals surface area contributed by atoms with Crippen molar-refractivity contribution in [2.45, 2.75) is 40.7 Å². The topological polar surface area (TPSA) is 52.6 Å². The highest BCUT2D eigenvalue weighted by atomic mass is 16.6. The molecule has 0 spiro atoms. The number of hydrogen-bond donors (Lipinski definition) is 0. The predicted molar refractivity (Wildman–Crippen MR) is 85.4 cm³/mol. The Bertz CT molecular complexity index is 479. The fourth-order valence-corrected chi connectivity index (χ4v) is 2.24. The molecular weight excluding hydrogens is 280 g/mol. The third-order valence-corrected chi connectivity index (χ3v) is 3.36. The molecule has 4 nitrogen and oxygen atoms in total. The largest absolute Gasteiger partial charge is 0.465 e. The predicted octanol–water partition coefficient (Wildman–Crippen LogP) is 3.70. The van der Waals surface area contributed by atoms with Crippen molar-refractivity contribution in [1.82, 2.24) is 0 Å². The Kier molecular flexibility index (Phi) is 7.09. The fourth-order valence-electron chi connectivity index (χ4n) is 2.24. The first-order valence-corrected chi connectivity index (χ1v) is 7.75. The standard InChI is InChI=1S/C18H26O4/c1-12(2)11-21-18(20)16(13(3)4)14(5)22-17(19)15-9-7-6-8-10-15/h6-10,12-14,16H,11H2,1-5H3. The summed E-state index contributed by atoms with van der Waals surface area (Å²) in [7, 11) is 0. The van der Waals surface area contributed by atoms with Gasteiger partial charge in [-0.3, -0.25) is 4.79 Å². The molecule has 1 rings (SSSR count). The molecule has 0 heterocycles. The van der Waals surface area contributed by atoms with Crippen LogP contribution in [0.15, 0.2) is 30.3 Å². The maximum Gasteiger partial charge on any atom is 0.338 e. The van der Waals surface area contributed by atoms with E-state index in [-0.39, 0.29) is 17.8 Å². The molecule has 0 N–H and O–H groups in total. The van der Waals surface area contributed by atoms with Gasteiger partial charge in [0.15, 0.2) is 0 Å². The number of benzene rings is 1. The first-order valence-electron chi connectivity index (χ1n) is 7.75. The molecule has 0 aliphatic rings. The normalized spacial score (nSPS) is 13.8. The van der Waals surface area contributed by atoms with Crippen LogP contribution >= 0.6 is 0 Å². The minimum absolute atomic E-state index is 0.0261. The number of esters is 2. The molecule has 22 heavy (non-hydrogen) atoms. The third kappa shape index (κ3) is 5.51. The summed E-state index contributed by atoms with van der Waals surface area (Å²) in [5.41, 5.74) is 0.479. The van der Waals surface area contributed by atoms with E-state index in [4.69, 9.17) is 9.47 Å². The molecule has 2 atom stereocenters. The highest BCUT2D eigenvalue weighted by Crippen LogP contribution is 2.21. The van der Waals surface area contributed by atoms with E-state index in [2.05, 4.69) is 0 Å². The average molecular weight is 306 g/mol. The lowest BCUT2D eigenvalue weighted by molar-refractivity contribution is -0.155. The summed E-state index contributed by atoms with van der Waals surface area (Å²) >= 11 is 0. The van der Waals surface area contributed by atoms with Gasteiger partial charge in [-0.25, -0.2) is 4.79 Å². The van der Waals surface area contributed by atoms with Crippen LogP contribution in [-0.2, 0) is 14.3 Å². The van der Waals surface area contributed by atoms with Gasteiger partial charge in [0.2, 0.25) is 0 Å². The van der Waals surface area contributed by atoms with Gasteiger partial charge in [-0.05, 0) is 30.9 Å². The lowest BCUT2D eigenvalue weighted by Gasteiger charge is -2.26. The van der Waals surface area contributed by atoms with Crippen LogP contribution in [0.25, 0.3) is 0 Å². The Morgan fingerprint density at radius 2 is 1.59 bits per heavy atom. The zero-order valence-electron chi connectivity index (χ0n) is 14.0. The summed E-state index contributed by atoms with van der Waals surface area (Å²) in [4.78, 5) is 24.3. The van der Waals surface area contributed by atoms with Gasteiger partial charge < -0.3 is 9.47 Å². The van der Waals surface area contributed by atoms with Crippen LogP contribution in [0.5, 0.6) is 0 Å². The first kappa shape index (κ1) is 18.2. The maximum absolute atomic E-state index is 12.2. The van der Waals surface area contributed by atoms with Crippen molar-refractivity contribution in [2.75, 3.05) is 6.61 Å². The third-order valence-electron chi connectivity index (χ3n) is 3.36. The molecule has 0 aliphatic carbocycles. The van der Waals surface area contributed by atoms with Gasteiger partial charge in [0.25, 0.3) is 0 Å². The van der Waals surface area contributed by atoms with Crippen molar-refractivity contribution in [3.8, 4) is 0 Å². The molecule has 0 aliphatic heterocycles. The second kappa shape index (κ2) is 8.57. The molecule has 0 radical (unpaired) electrons. The minimum atomic E-state index is -0.535. The molecular formula is C18H26O4. The number of rotatable bonds is 7. The summed E-state index contributed by atoms with van der Waals surface area (Å²) in [6.07, 6.45) is -0.535. The summed E-state index contributed by atoms with van der Waals surface area (Å²) in [5, 5.41) is 0. The van der Waals surface area contributed by atoms with Crippen molar-refractivity contribution < 1.29 is 19.1 Å². The van der Waals surface area contributed by atoms with Crippen LogP contribution in [-0.4, -0.2) is 24.6 Å². The van der Waals surface area contributed by atoms with Crippen LogP contribution in [0.3, 0.4) is 0 Å². The molecule has 0 amide bonds. The molecule has 1 aromatic carbocycles. The second-order valence-electron chi connectivity index (χ2n) is 6.27. The summed E-state index contributed by atoms with van der Waals surface area (Å²) in [5.74, 6) is -0.893. The van der Waals surface area contributed by atoms with E-state index in [1.807, 2.05) is 33.8 Å². The molecule has 0 saturated carbocycles. The van der Waals surface area contributed by atoms with Crippen LogP contribution in [0, 0.1) is 17.8 Å². The lowest BCUT2D eigenvalue weighted by atomic mass is 9.91. The van der Waals surface area contributed by atoms with Crippen LogP contribution in [0.2, 0.25) is 0 Å². The van der Waals surface area contributed by atoms with Crippen molar-refractivity contribution in [3.63, 3.8) is 0 Å². The Labute approximate surface area is 132 Å². The van der Waals surface area contributed by atoms with E-state index in [1.54, 1.807) is 31.2 Å². The van der Waals surface area contributed by atoms with Crippen LogP contribution < -0.4 is 0 Å². The van der Waals surface area contributed by atoms with Gasteiger partial charge in [-0.1, -0.05) is 45.9 Å². The summed E-state index contributed by atoms with van der Waals surface area (Å²) in [6.45, 7) is 9.93. The highest BCUT2D eigenvalue weighted by Gasteiger charge is 2.32. The summed E-state index contributed by atoms with van der Waals surface area (Å²) < 4.78 is 10.8. The first-order chi connectivity index (χ1) is 10.3. The quantitative estimate of drug-likeness (QED) is 0.721. The van der Waals surface area contributed by atoms with E-state index in [9.17, 15) is 9.59 Å². The van der Waals surface area contributed by atoms with Crippen molar-refractivity contribution in [2.24, 2.45) is 17.8 Å². The van der Waals surface area contributed by atoms with E-state index < -0.39 is 18.0 Å². The SMILES string of the molecule is CC(C)COC(=O)C(C(C)C)C(C)OC(=O)c1ccccc1. The Hall–Kier alpha value is -1.84. The van der Waals surface area contributed by atoms with Gasteiger partial charge >= 0.3 is 11.9 Å². The maximum atomic E-state index is 12.2. The summed E-state index contributed by atoms with van der Waals surface area (Å²) in [6, 6.07) is 8.77. The Balaban J connectivity index is 2.71. The minimum Gasteiger partial charge on any atom is -0.465 e. The van der Waals surface area contributed by atoms with Gasteiger partial charge in [0.05, 0.1) is 18.1 Å². The number of carbonyl (C=O) groups excluding carboxylic acids is 2. The number of hydrogen-bond acceptors (Lipinski definition) is 4. The monoisotopic (exact) mass is 306 g/mol.